The summed E-state index contributed by atoms with van der Waals surface area (Å²) in [6.07, 6.45) is 3.71. The Kier molecular flexibility index (Phi) is 7.41. The molecule has 1 unspecified atom stereocenters. The molecule has 0 saturated carbocycles. The van der Waals surface area contributed by atoms with Crippen molar-refractivity contribution in [2.75, 3.05) is 32.2 Å². The summed E-state index contributed by atoms with van der Waals surface area (Å²) < 4.78 is 5.19. The van der Waals surface area contributed by atoms with Crippen LogP contribution >= 0.6 is 23.4 Å². The van der Waals surface area contributed by atoms with Gasteiger partial charge in [-0.25, -0.2) is 4.99 Å². The molecule has 7 heteroatoms. The monoisotopic (exact) mass is 497 g/mol. The molecule has 0 spiro atoms. The maximum atomic E-state index is 13.4. The first kappa shape index (κ1) is 24.8. The smallest absolute Gasteiger partial charge is 0.266 e. The van der Waals surface area contributed by atoms with Crippen LogP contribution in [0.1, 0.15) is 50.7 Å². The van der Waals surface area contributed by atoms with Crippen molar-refractivity contribution in [3.05, 3.63) is 63.5 Å². The number of benzene rings is 2. The van der Waals surface area contributed by atoms with E-state index in [4.69, 9.17) is 21.3 Å². The lowest BCUT2D eigenvalue weighted by Crippen LogP contribution is -2.45. The molecule has 0 radical (unpaired) electrons. The molecule has 1 atom stereocenters. The van der Waals surface area contributed by atoms with E-state index in [0.717, 1.165) is 29.8 Å². The number of hydrogen-bond acceptors (Lipinski definition) is 5. The summed E-state index contributed by atoms with van der Waals surface area (Å²) in [5.74, 6) is 0.360. The minimum atomic E-state index is -0.0455. The van der Waals surface area contributed by atoms with Crippen LogP contribution in [0.2, 0.25) is 5.02 Å². The topological polar surface area (TPSA) is 45.1 Å². The molecule has 180 valence electrons. The largest absolute Gasteiger partial charge is 0.385 e. The molecule has 0 bridgehead atoms. The van der Waals surface area contributed by atoms with Crippen molar-refractivity contribution in [1.82, 2.24) is 4.90 Å². The Bertz CT molecular complexity index is 1130. The molecule has 34 heavy (non-hydrogen) atoms. The lowest BCUT2D eigenvalue weighted by molar-refractivity contribution is -0.122. The van der Waals surface area contributed by atoms with Gasteiger partial charge >= 0.3 is 0 Å². The van der Waals surface area contributed by atoms with Crippen LogP contribution in [0.5, 0.6) is 0 Å². The summed E-state index contributed by atoms with van der Waals surface area (Å²) in [6.45, 7) is 7.92. The fourth-order valence-electron chi connectivity index (χ4n) is 4.62. The Morgan fingerprint density at radius 2 is 2.00 bits per heavy atom. The van der Waals surface area contributed by atoms with Crippen LogP contribution in [-0.4, -0.2) is 48.8 Å². The number of para-hydroxylation sites is 1. The van der Waals surface area contributed by atoms with Gasteiger partial charge in [-0.15, -0.1) is 0 Å². The van der Waals surface area contributed by atoms with Gasteiger partial charge in [0.15, 0.2) is 5.17 Å². The highest BCUT2D eigenvalue weighted by Crippen LogP contribution is 2.45. The van der Waals surface area contributed by atoms with Gasteiger partial charge in [0.1, 0.15) is 0 Å². The van der Waals surface area contributed by atoms with E-state index in [9.17, 15) is 4.79 Å². The second kappa shape index (κ2) is 10.1. The van der Waals surface area contributed by atoms with Gasteiger partial charge in [0.25, 0.3) is 5.91 Å². The van der Waals surface area contributed by atoms with Crippen molar-refractivity contribution in [3.8, 4) is 0 Å². The standard InChI is InChI=1S/C27H32ClN3O2S/c1-18-17-27(2,3)30(4)23-16-22(28)19(14-21(18)23)15-24-25(32)31(12-9-13-33-5)26(34-24)29-20-10-7-6-8-11-20/h6-8,10-11,14-16,18H,9,12-13,17H2,1-5H3/b24-15+,29-26?. The quantitative estimate of drug-likeness (QED) is 0.329. The van der Waals surface area contributed by atoms with Crippen molar-refractivity contribution in [2.24, 2.45) is 4.99 Å². The number of carbonyl (C=O) groups is 1. The Morgan fingerprint density at radius 1 is 1.26 bits per heavy atom. The zero-order chi connectivity index (χ0) is 24.5. The number of carbonyl (C=O) groups excluding carboxylic acids is 1. The number of halogens is 1. The number of nitrogens with zero attached hydrogens (tertiary/aromatic N) is 3. The van der Waals surface area contributed by atoms with Crippen molar-refractivity contribution >= 4 is 51.9 Å². The van der Waals surface area contributed by atoms with Gasteiger partial charge in [-0.2, -0.15) is 0 Å². The zero-order valence-corrected chi connectivity index (χ0v) is 22.0. The second-order valence-corrected chi connectivity index (χ2v) is 11.0. The molecule has 4 rings (SSSR count). The highest BCUT2D eigenvalue weighted by Gasteiger charge is 2.36. The van der Waals surface area contributed by atoms with Crippen LogP contribution in [0.25, 0.3) is 6.08 Å². The van der Waals surface area contributed by atoms with E-state index in [2.05, 4.69) is 38.8 Å². The average Bonchev–Trinajstić information content (AvgIpc) is 3.08. The van der Waals surface area contributed by atoms with E-state index in [1.54, 1.807) is 12.0 Å². The predicted molar refractivity (Wildman–Crippen MR) is 144 cm³/mol. The SMILES string of the molecule is COCCCN1C(=O)/C(=C\c2cc3c(cc2Cl)N(C)C(C)(C)CC3C)SC1=Nc1ccccc1. The van der Waals surface area contributed by atoms with Gasteiger partial charge in [-0.1, -0.05) is 36.7 Å². The molecule has 1 saturated heterocycles. The number of fused-ring (bicyclic) bond motifs is 1. The first-order chi connectivity index (χ1) is 16.2. The number of methoxy groups -OCH3 is 1. The van der Waals surface area contributed by atoms with Crippen LogP contribution in [0, 0.1) is 0 Å². The van der Waals surface area contributed by atoms with Crippen LogP contribution < -0.4 is 4.90 Å². The van der Waals surface area contributed by atoms with E-state index in [1.165, 1.54) is 17.3 Å². The van der Waals surface area contributed by atoms with Crippen molar-refractivity contribution in [3.63, 3.8) is 0 Å². The number of rotatable bonds is 6. The Labute approximate surface area is 211 Å². The number of amides is 1. The summed E-state index contributed by atoms with van der Waals surface area (Å²) in [5.41, 5.74) is 4.19. The lowest BCUT2D eigenvalue weighted by atomic mass is 9.80. The number of anilines is 1. The minimum absolute atomic E-state index is 0.0455. The summed E-state index contributed by atoms with van der Waals surface area (Å²) in [5, 5.41) is 1.33. The summed E-state index contributed by atoms with van der Waals surface area (Å²) in [6, 6.07) is 13.9. The maximum absolute atomic E-state index is 13.4. The fraction of sp³-hybridized carbons (Fsp3) is 0.407. The van der Waals surface area contributed by atoms with Crippen LogP contribution in [-0.2, 0) is 9.53 Å². The van der Waals surface area contributed by atoms with Crippen LogP contribution in [0.4, 0.5) is 11.4 Å². The van der Waals surface area contributed by atoms with E-state index in [1.807, 2.05) is 42.5 Å². The van der Waals surface area contributed by atoms with E-state index < -0.39 is 0 Å². The van der Waals surface area contributed by atoms with Crippen molar-refractivity contribution in [2.45, 2.75) is 45.1 Å². The second-order valence-electron chi connectivity index (χ2n) is 9.55. The molecule has 2 aliphatic heterocycles. The average molecular weight is 498 g/mol. The Balaban J connectivity index is 1.69. The molecule has 5 nitrogen and oxygen atoms in total. The van der Waals surface area contributed by atoms with Gasteiger partial charge in [0.2, 0.25) is 0 Å². The molecular weight excluding hydrogens is 466 g/mol. The highest BCUT2D eigenvalue weighted by atomic mass is 35.5. The molecule has 2 aromatic carbocycles. The number of amidine groups is 1. The molecular formula is C27H32ClN3O2S. The molecule has 2 aromatic rings. The normalized spacial score (nSPS) is 22.1. The van der Waals surface area contributed by atoms with Gasteiger partial charge in [0.05, 0.1) is 10.6 Å². The first-order valence-electron chi connectivity index (χ1n) is 11.6. The molecule has 0 N–H and O–H groups in total. The minimum Gasteiger partial charge on any atom is -0.385 e. The zero-order valence-electron chi connectivity index (χ0n) is 20.5. The molecule has 2 aliphatic rings. The number of ether oxygens (including phenoxy) is 1. The fourth-order valence-corrected chi connectivity index (χ4v) is 5.85. The third-order valence-corrected chi connectivity index (χ3v) is 7.97. The number of thioether (sulfide) groups is 1. The maximum Gasteiger partial charge on any atom is 0.266 e. The number of aliphatic imine (C=N–C) groups is 1. The highest BCUT2D eigenvalue weighted by molar-refractivity contribution is 8.18. The lowest BCUT2D eigenvalue weighted by Gasteiger charge is -2.45. The van der Waals surface area contributed by atoms with Gasteiger partial charge in [0, 0.05) is 43.6 Å². The predicted octanol–water partition coefficient (Wildman–Crippen LogP) is 6.70. The van der Waals surface area contributed by atoms with Crippen LogP contribution in [0.3, 0.4) is 0 Å². The van der Waals surface area contributed by atoms with Crippen LogP contribution in [0.15, 0.2) is 52.4 Å². The van der Waals surface area contributed by atoms with Crippen molar-refractivity contribution < 1.29 is 9.53 Å². The summed E-state index contributed by atoms with van der Waals surface area (Å²) >= 11 is 8.15. The summed E-state index contributed by atoms with van der Waals surface area (Å²) in [4.78, 5) is 22.8. The molecule has 1 amide bonds. The van der Waals surface area contributed by atoms with Crippen molar-refractivity contribution in [1.29, 1.82) is 0 Å². The van der Waals surface area contributed by atoms with Gasteiger partial charge in [-0.3, -0.25) is 9.69 Å². The summed E-state index contributed by atoms with van der Waals surface area (Å²) in [7, 11) is 3.79. The van der Waals surface area contributed by atoms with Gasteiger partial charge in [-0.05, 0) is 85.8 Å². The van der Waals surface area contributed by atoms with E-state index in [0.29, 0.717) is 34.2 Å². The number of hydrogen-bond donors (Lipinski definition) is 0. The third-order valence-electron chi connectivity index (χ3n) is 6.64. The Hall–Kier alpha value is -2.28. The third kappa shape index (κ3) is 5.04. The molecule has 1 fully saturated rings. The Morgan fingerprint density at radius 3 is 2.71 bits per heavy atom. The molecule has 0 aliphatic carbocycles. The van der Waals surface area contributed by atoms with E-state index in [-0.39, 0.29) is 11.4 Å². The molecule has 2 heterocycles. The van der Waals surface area contributed by atoms with E-state index >= 15 is 0 Å². The first-order valence-corrected chi connectivity index (χ1v) is 12.8. The molecule has 0 aromatic heterocycles. The van der Waals surface area contributed by atoms with Gasteiger partial charge < -0.3 is 9.64 Å².